The molecule has 0 spiro atoms. The fourth-order valence-electron chi connectivity index (χ4n) is 2.04. The van der Waals surface area contributed by atoms with E-state index in [1.54, 1.807) is 0 Å². The van der Waals surface area contributed by atoms with E-state index in [-0.39, 0.29) is 14.3 Å². The zero-order chi connectivity index (χ0) is 16.5. The Balaban J connectivity index is 2.61. The van der Waals surface area contributed by atoms with Gasteiger partial charge in [0.25, 0.3) is 0 Å². The molecule has 112 valence electrons. The Kier molecular flexibility index (Phi) is 4.76. The average molecular weight is 393 g/mol. The van der Waals surface area contributed by atoms with Crippen LogP contribution in [0.1, 0.15) is 22.3 Å². The van der Waals surface area contributed by atoms with Gasteiger partial charge >= 0.3 is 137 Å². The molecule has 2 rings (SSSR count). The van der Waals surface area contributed by atoms with Gasteiger partial charge in [-0.1, -0.05) is 0 Å². The molecule has 22 heavy (non-hydrogen) atoms. The Morgan fingerprint density at radius 3 is 1.27 bits per heavy atom. The third-order valence-corrected chi connectivity index (χ3v) is 4.33. The summed E-state index contributed by atoms with van der Waals surface area (Å²) in [4.78, 5) is 0. The van der Waals surface area contributed by atoms with Crippen molar-refractivity contribution >= 4 is 3.21 Å². The molecule has 0 atom stereocenters. The third-order valence-electron chi connectivity index (χ3n) is 3.00. The summed E-state index contributed by atoms with van der Waals surface area (Å²) in [7, 11) is 0. The number of alkyl halides is 6. The van der Waals surface area contributed by atoms with Gasteiger partial charge in [0.05, 0.1) is 0 Å². The first-order chi connectivity index (χ1) is 10.1. The van der Waals surface area contributed by atoms with Crippen LogP contribution in [-0.4, -0.2) is 3.21 Å². The van der Waals surface area contributed by atoms with E-state index in [0.29, 0.717) is 24.2 Å². The van der Waals surface area contributed by atoms with E-state index < -0.39 is 23.5 Å². The van der Waals surface area contributed by atoms with Crippen LogP contribution in [0.2, 0.25) is 0 Å². The summed E-state index contributed by atoms with van der Waals surface area (Å²) in [5.41, 5.74) is -2.30. The fraction of sp³-hybridized carbons (Fsp3) is 0.133. The Labute approximate surface area is 137 Å². The van der Waals surface area contributed by atoms with Crippen molar-refractivity contribution in [3.05, 3.63) is 70.8 Å². The predicted molar refractivity (Wildman–Crippen MR) is 66.1 cm³/mol. The second-order valence-corrected chi connectivity index (χ2v) is 5.69. The second kappa shape index (κ2) is 6.11. The molecule has 0 saturated heterocycles. The van der Waals surface area contributed by atoms with E-state index in [0.717, 1.165) is 12.1 Å². The Morgan fingerprint density at radius 1 is 0.636 bits per heavy atom. The van der Waals surface area contributed by atoms with E-state index >= 15 is 0 Å². The van der Waals surface area contributed by atoms with Gasteiger partial charge in [-0.05, 0) is 0 Å². The van der Waals surface area contributed by atoms with Gasteiger partial charge in [-0.15, -0.1) is 0 Å². The number of hydrogen-bond acceptors (Lipinski definition) is 0. The molecule has 2 aromatic rings. The predicted octanol–water partition coefficient (Wildman–Crippen LogP) is 4.84. The van der Waals surface area contributed by atoms with E-state index in [1.165, 1.54) is 36.4 Å². The van der Waals surface area contributed by atoms with Crippen molar-refractivity contribution in [3.63, 3.8) is 0 Å². The van der Waals surface area contributed by atoms with Crippen molar-refractivity contribution in [3.8, 4) is 0 Å². The number of hydrogen-bond donors (Lipinski definition) is 0. The van der Waals surface area contributed by atoms with Crippen LogP contribution >= 0.6 is 0 Å². The quantitative estimate of drug-likeness (QED) is 0.641. The summed E-state index contributed by atoms with van der Waals surface area (Å²) in [6.07, 6.45) is -9.24. The third kappa shape index (κ3) is 3.57. The molecule has 0 saturated carbocycles. The van der Waals surface area contributed by atoms with Crippen molar-refractivity contribution < 1.29 is 50.6 Å². The monoisotopic (exact) mass is 392 g/mol. The molecule has 0 heterocycles. The van der Waals surface area contributed by atoms with Crippen LogP contribution in [0, 0.1) is 0 Å². The van der Waals surface area contributed by atoms with Gasteiger partial charge in [0.1, 0.15) is 0 Å². The van der Waals surface area contributed by atoms with Crippen molar-refractivity contribution in [1.29, 1.82) is 0 Å². The molecule has 0 aliphatic heterocycles. The summed E-state index contributed by atoms with van der Waals surface area (Å²) < 4.78 is 78.2. The zero-order valence-corrected chi connectivity index (χ0v) is 13.3. The number of benzene rings is 2. The molecule has 0 nitrogen and oxygen atoms in total. The van der Waals surface area contributed by atoms with Gasteiger partial charge in [0.15, 0.2) is 0 Å². The summed E-state index contributed by atoms with van der Waals surface area (Å²) in [6, 6.07) is 9.32. The molecule has 0 aromatic heterocycles. The van der Waals surface area contributed by atoms with E-state index in [9.17, 15) is 26.3 Å². The van der Waals surface area contributed by atoms with Crippen molar-refractivity contribution in [1.82, 2.24) is 0 Å². The maximum absolute atomic E-state index is 13.0. The molecular formula is C15H8F6Zr+2. The molecule has 0 bridgehead atoms. The molecule has 2 aromatic carbocycles. The van der Waals surface area contributed by atoms with E-state index in [1.807, 2.05) is 0 Å². The molecule has 7 heteroatoms. The molecule has 0 fully saturated rings. The molecule has 0 amide bonds. The van der Waals surface area contributed by atoms with Crippen LogP contribution < -0.4 is 0 Å². The molecule has 0 unspecified atom stereocenters. The SMILES string of the molecule is FC(F)(F)c1ccccc1[C](=[Zr+2])c1ccccc1C(F)(F)F. The summed E-state index contributed by atoms with van der Waals surface area (Å²) >= 11 is 0.473. The molecule has 0 radical (unpaired) electrons. The average Bonchev–Trinajstić information content (AvgIpc) is 2.45. The molecule has 0 N–H and O–H groups in total. The second-order valence-electron chi connectivity index (χ2n) is 4.46. The topological polar surface area (TPSA) is 0 Å². The van der Waals surface area contributed by atoms with Crippen LogP contribution in [0.3, 0.4) is 0 Å². The van der Waals surface area contributed by atoms with Gasteiger partial charge < -0.3 is 0 Å². The van der Waals surface area contributed by atoms with Crippen LogP contribution in [0.5, 0.6) is 0 Å². The van der Waals surface area contributed by atoms with Crippen LogP contribution in [-0.2, 0) is 36.6 Å². The standard InChI is InChI=1S/C15H8F6.Zr/c16-14(17,18)12-7-3-1-5-10(12)9-11-6-2-4-8-13(11)15(19,20)21;/h1-8H;/q;+2. The van der Waals surface area contributed by atoms with Gasteiger partial charge in [-0.25, -0.2) is 0 Å². The Bertz CT molecular complexity index is 640. The fourth-order valence-corrected chi connectivity index (χ4v) is 3.11. The van der Waals surface area contributed by atoms with Crippen LogP contribution in [0.15, 0.2) is 48.5 Å². The molecular weight excluding hydrogens is 385 g/mol. The summed E-state index contributed by atoms with van der Waals surface area (Å²) in [5, 5.41) is 0. The van der Waals surface area contributed by atoms with Crippen molar-refractivity contribution in [2.75, 3.05) is 0 Å². The van der Waals surface area contributed by atoms with Gasteiger partial charge in [-0.2, -0.15) is 0 Å². The van der Waals surface area contributed by atoms with Gasteiger partial charge in [-0.3, -0.25) is 0 Å². The van der Waals surface area contributed by atoms with Crippen molar-refractivity contribution in [2.24, 2.45) is 0 Å². The number of halogens is 6. The Hall–Kier alpha value is -1.23. The Morgan fingerprint density at radius 2 is 0.955 bits per heavy atom. The maximum atomic E-state index is 13.0. The summed E-state index contributed by atoms with van der Waals surface area (Å²) in [6.45, 7) is 0. The molecule has 0 aliphatic carbocycles. The first-order valence-corrected chi connectivity index (χ1v) is 7.27. The summed E-state index contributed by atoms with van der Waals surface area (Å²) in [5.74, 6) is 0. The first kappa shape index (κ1) is 17.1. The van der Waals surface area contributed by atoms with Crippen LogP contribution in [0.4, 0.5) is 26.3 Å². The molecule has 0 aliphatic rings. The minimum atomic E-state index is -4.62. The van der Waals surface area contributed by atoms with Gasteiger partial charge in [0.2, 0.25) is 0 Å². The van der Waals surface area contributed by atoms with Crippen LogP contribution in [0.25, 0.3) is 0 Å². The number of rotatable bonds is 2. The zero-order valence-electron chi connectivity index (χ0n) is 10.9. The van der Waals surface area contributed by atoms with Gasteiger partial charge in [0, 0.05) is 0 Å². The minimum absolute atomic E-state index is 0.0213. The first-order valence-electron chi connectivity index (χ1n) is 6.04. The normalized spacial score (nSPS) is 12.4. The van der Waals surface area contributed by atoms with Crippen molar-refractivity contribution in [2.45, 2.75) is 12.4 Å². The van der Waals surface area contributed by atoms with E-state index in [4.69, 9.17) is 0 Å². The van der Waals surface area contributed by atoms with E-state index in [2.05, 4.69) is 0 Å².